The van der Waals surface area contributed by atoms with E-state index in [1.54, 1.807) is 18.2 Å². The summed E-state index contributed by atoms with van der Waals surface area (Å²) in [5.74, 6) is 0.236. The Balaban J connectivity index is 2.75. The summed E-state index contributed by atoms with van der Waals surface area (Å²) in [5.41, 5.74) is 2.17. The number of rotatable bonds is 5. The van der Waals surface area contributed by atoms with Crippen molar-refractivity contribution in [2.24, 2.45) is 0 Å². The summed E-state index contributed by atoms with van der Waals surface area (Å²) in [5, 5.41) is 0.909. The summed E-state index contributed by atoms with van der Waals surface area (Å²) in [6.07, 6.45) is 1.86. The molecule has 0 radical (unpaired) electrons. The summed E-state index contributed by atoms with van der Waals surface area (Å²) in [7, 11) is 0. The van der Waals surface area contributed by atoms with Crippen LogP contribution < -0.4 is 4.74 Å². The van der Waals surface area contributed by atoms with Crippen molar-refractivity contribution in [1.29, 1.82) is 0 Å². The molecule has 0 N–H and O–H groups in total. The maximum Gasteiger partial charge on any atom is 0.387 e. The predicted molar refractivity (Wildman–Crippen MR) is 59.9 cm³/mol. The Bertz CT molecular complexity index is 315. The first-order valence-corrected chi connectivity index (χ1v) is 5.86. The maximum absolute atomic E-state index is 12.0. The van der Waals surface area contributed by atoms with Gasteiger partial charge in [0.15, 0.2) is 0 Å². The second-order valence-corrected chi connectivity index (χ2v) is 4.05. The van der Waals surface area contributed by atoms with E-state index in [2.05, 4.69) is 20.7 Å². The highest BCUT2D eigenvalue weighted by Crippen LogP contribution is 2.20. The fourth-order valence-corrected chi connectivity index (χ4v) is 1.63. The summed E-state index contributed by atoms with van der Waals surface area (Å²) in [4.78, 5) is 0. The Morgan fingerprint density at radius 3 is 2.73 bits per heavy atom. The topological polar surface area (TPSA) is 9.23 Å². The van der Waals surface area contributed by atoms with E-state index in [0.29, 0.717) is 0 Å². The van der Waals surface area contributed by atoms with Crippen LogP contribution in [-0.4, -0.2) is 11.9 Å². The first-order valence-electron chi connectivity index (χ1n) is 4.74. The van der Waals surface area contributed by atoms with E-state index in [1.807, 2.05) is 6.92 Å². The minimum atomic E-state index is -2.75. The molecule has 0 bridgehead atoms. The highest BCUT2D eigenvalue weighted by atomic mass is 79.9. The maximum atomic E-state index is 12.0. The number of ether oxygens (including phenoxy) is 1. The number of alkyl halides is 3. The Hall–Kier alpha value is -0.640. The molecule has 0 amide bonds. The zero-order valence-electron chi connectivity index (χ0n) is 8.47. The normalized spacial score (nSPS) is 10.7. The van der Waals surface area contributed by atoms with Crippen LogP contribution in [0.1, 0.15) is 17.5 Å². The fourth-order valence-electron chi connectivity index (χ4n) is 1.35. The van der Waals surface area contributed by atoms with Crippen molar-refractivity contribution in [3.05, 3.63) is 29.3 Å². The zero-order valence-corrected chi connectivity index (χ0v) is 10.1. The molecule has 0 fully saturated rings. The summed E-state index contributed by atoms with van der Waals surface area (Å²) < 4.78 is 28.3. The van der Waals surface area contributed by atoms with Crippen molar-refractivity contribution in [2.75, 3.05) is 5.33 Å². The number of halogens is 3. The molecule has 1 aromatic rings. The molecule has 0 saturated carbocycles. The van der Waals surface area contributed by atoms with Crippen molar-refractivity contribution in [3.63, 3.8) is 0 Å². The van der Waals surface area contributed by atoms with Gasteiger partial charge in [0, 0.05) is 5.33 Å². The molecule has 4 heteroatoms. The van der Waals surface area contributed by atoms with Gasteiger partial charge < -0.3 is 4.74 Å². The van der Waals surface area contributed by atoms with Crippen LogP contribution in [0.4, 0.5) is 8.78 Å². The minimum Gasteiger partial charge on any atom is -0.435 e. The summed E-state index contributed by atoms with van der Waals surface area (Å²) >= 11 is 3.34. The van der Waals surface area contributed by atoms with Gasteiger partial charge in [-0.1, -0.05) is 22.0 Å². The summed E-state index contributed by atoms with van der Waals surface area (Å²) in [6.45, 7) is -0.785. The van der Waals surface area contributed by atoms with Crippen molar-refractivity contribution in [3.8, 4) is 5.75 Å². The smallest absolute Gasteiger partial charge is 0.387 e. The van der Waals surface area contributed by atoms with Gasteiger partial charge in [0.2, 0.25) is 0 Å². The van der Waals surface area contributed by atoms with Crippen LogP contribution in [0.15, 0.2) is 18.2 Å². The Morgan fingerprint density at radius 1 is 1.40 bits per heavy atom. The van der Waals surface area contributed by atoms with Gasteiger partial charge in [-0.25, -0.2) is 0 Å². The van der Waals surface area contributed by atoms with E-state index in [9.17, 15) is 8.78 Å². The van der Waals surface area contributed by atoms with Crippen molar-refractivity contribution in [2.45, 2.75) is 26.4 Å². The lowest BCUT2D eigenvalue weighted by atomic mass is 10.0. The molecule has 0 saturated heterocycles. The molecule has 84 valence electrons. The Labute approximate surface area is 96.6 Å². The molecule has 0 atom stereocenters. The van der Waals surface area contributed by atoms with Gasteiger partial charge in [-0.2, -0.15) is 8.78 Å². The lowest BCUT2D eigenvalue weighted by Gasteiger charge is -2.09. The molecular weight excluding hydrogens is 266 g/mol. The monoisotopic (exact) mass is 278 g/mol. The third-order valence-electron chi connectivity index (χ3n) is 2.13. The standard InChI is InChI=1S/C11H13BrF2O/c1-8-4-5-10(15-11(13)14)7-9(8)3-2-6-12/h4-5,7,11H,2-3,6H2,1H3. The average molecular weight is 279 g/mol. The van der Waals surface area contributed by atoms with Crippen molar-refractivity contribution < 1.29 is 13.5 Å². The second kappa shape index (κ2) is 6.05. The van der Waals surface area contributed by atoms with Crippen LogP contribution in [0.3, 0.4) is 0 Å². The number of aryl methyl sites for hydroxylation is 2. The first-order chi connectivity index (χ1) is 7.13. The number of benzene rings is 1. The molecule has 1 nitrogen and oxygen atoms in total. The van der Waals surface area contributed by atoms with Crippen LogP contribution in [0.25, 0.3) is 0 Å². The number of hydrogen-bond acceptors (Lipinski definition) is 1. The lowest BCUT2D eigenvalue weighted by molar-refractivity contribution is -0.0498. The highest BCUT2D eigenvalue weighted by Gasteiger charge is 2.06. The third-order valence-corrected chi connectivity index (χ3v) is 2.69. The quantitative estimate of drug-likeness (QED) is 0.742. The van der Waals surface area contributed by atoms with E-state index >= 15 is 0 Å². The third kappa shape index (κ3) is 4.16. The van der Waals surface area contributed by atoms with E-state index in [4.69, 9.17) is 0 Å². The van der Waals surface area contributed by atoms with Gasteiger partial charge in [-0.15, -0.1) is 0 Å². The SMILES string of the molecule is Cc1ccc(OC(F)F)cc1CCCBr. The van der Waals surface area contributed by atoms with Crippen LogP contribution in [0.2, 0.25) is 0 Å². The molecule has 0 unspecified atom stereocenters. The van der Waals surface area contributed by atoms with Crippen LogP contribution in [0, 0.1) is 6.92 Å². The van der Waals surface area contributed by atoms with Crippen molar-refractivity contribution >= 4 is 15.9 Å². The number of hydrogen-bond donors (Lipinski definition) is 0. The molecule has 0 aliphatic rings. The van der Waals surface area contributed by atoms with Gasteiger partial charge >= 0.3 is 6.61 Å². The zero-order chi connectivity index (χ0) is 11.3. The minimum absolute atomic E-state index is 0.236. The molecule has 0 aliphatic heterocycles. The van der Waals surface area contributed by atoms with Crippen LogP contribution in [0.5, 0.6) is 5.75 Å². The molecular formula is C11H13BrF2O. The lowest BCUT2D eigenvalue weighted by Crippen LogP contribution is -2.02. The van der Waals surface area contributed by atoms with Crippen LogP contribution in [-0.2, 0) is 6.42 Å². The van der Waals surface area contributed by atoms with E-state index in [-0.39, 0.29) is 5.75 Å². The molecule has 1 rings (SSSR count). The van der Waals surface area contributed by atoms with Crippen LogP contribution >= 0.6 is 15.9 Å². The molecule has 0 spiro atoms. The van der Waals surface area contributed by atoms with E-state index in [0.717, 1.165) is 29.3 Å². The molecule has 1 aromatic carbocycles. The predicted octanol–water partition coefficient (Wildman–Crippen LogP) is 3.92. The molecule has 0 aromatic heterocycles. The Kier molecular flexibility index (Phi) is 5.02. The van der Waals surface area contributed by atoms with E-state index < -0.39 is 6.61 Å². The molecule has 15 heavy (non-hydrogen) atoms. The summed E-state index contributed by atoms with van der Waals surface area (Å²) in [6, 6.07) is 5.06. The van der Waals surface area contributed by atoms with Gasteiger partial charge in [-0.3, -0.25) is 0 Å². The van der Waals surface area contributed by atoms with Crippen molar-refractivity contribution in [1.82, 2.24) is 0 Å². The first kappa shape index (κ1) is 12.4. The largest absolute Gasteiger partial charge is 0.435 e. The molecule has 0 aliphatic carbocycles. The van der Waals surface area contributed by atoms with E-state index in [1.165, 1.54) is 0 Å². The van der Waals surface area contributed by atoms with Gasteiger partial charge in [0.05, 0.1) is 0 Å². The average Bonchev–Trinajstić information content (AvgIpc) is 2.18. The highest BCUT2D eigenvalue weighted by molar-refractivity contribution is 9.09. The van der Waals surface area contributed by atoms with Gasteiger partial charge in [0.1, 0.15) is 5.75 Å². The second-order valence-electron chi connectivity index (χ2n) is 3.26. The molecule has 0 heterocycles. The van der Waals surface area contributed by atoms with Gasteiger partial charge in [-0.05, 0) is 43.0 Å². The fraction of sp³-hybridized carbons (Fsp3) is 0.455. The van der Waals surface area contributed by atoms with Gasteiger partial charge in [0.25, 0.3) is 0 Å². The Morgan fingerprint density at radius 2 is 2.13 bits per heavy atom.